The minimum atomic E-state index is -0.511. The van der Waals surface area contributed by atoms with Crippen molar-refractivity contribution in [2.75, 3.05) is 20.7 Å². The zero-order chi connectivity index (χ0) is 16.0. The number of rotatable bonds is 6. The maximum Gasteiger partial charge on any atom is 0.305 e. The first kappa shape index (κ1) is 16.6. The van der Waals surface area contributed by atoms with Crippen LogP contribution in [0, 0.1) is 17.0 Å². The van der Waals surface area contributed by atoms with E-state index in [1.54, 1.807) is 20.0 Å². The summed E-state index contributed by atoms with van der Waals surface area (Å²) in [5, 5.41) is 10.9. The van der Waals surface area contributed by atoms with Crippen molar-refractivity contribution in [1.82, 2.24) is 4.90 Å². The van der Waals surface area contributed by atoms with Gasteiger partial charge in [0.05, 0.1) is 12.0 Å². The van der Waals surface area contributed by atoms with Gasteiger partial charge in [-0.15, -0.1) is 0 Å². The molecule has 0 aliphatic heterocycles. The zero-order valence-corrected chi connectivity index (χ0v) is 12.3. The number of nitrogens with zero attached hydrogens (tertiary/aromatic N) is 2. The summed E-state index contributed by atoms with van der Waals surface area (Å²) < 4.78 is 4.52. The smallest absolute Gasteiger partial charge is 0.305 e. The fraction of sp³-hybridized carbons (Fsp3) is 0.429. The van der Waals surface area contributed by atoms with Crippen LogP contribution in [0.4, 0.5) is 5.69 Å². The molecule has 0 heterocycles. The molecule has 7 nitrogen and oxygen atoms in total. The van der Waals surface area contributed by atoms with Crippen LogP contribution in [0.2, 0.25) is 0 Å². The summed E-state index contributed by atoms with van der Waals surface area (Å²) in [5.74, 6) is -0.636. The van der Waals surface area contributed by atoms with Crippen LogP contribution in [0.3, 0.4) is 0 Å². The van der Waals surface area contributed by atoms with Crippen molar-refractivity contribution in [3.05, 3.63) is 39.4 Å². The third kappa shape index (κ3) is 4.27. The molecular weight excluding hydrogens is 276 g/mol. The molecule has 7 heteroatoms. The maximum absolute atomic E-state index is 12.3. The van der Waals surface area contributed by atoms with Gasteiger partial charge >= 0.3 is 5.97 Å². The van der Waals surface area contributed by atoms with Crippen LogP contribution >= 0.6 is 0 Å². The number of methoxy groups -OCH3 is 1. The van der Waals surface area contributed by atoms with Crippen molar-refractivity contribution in [2.45, 2.75) is 19.8 Å². The van der Waals surface area contributed by atoms with Crippen molar-refractivity contribution in [3.63, 3.8) is 0 Å². The van der Waals surface area contributed by atoms with E-state index >= 15 is 0 Å². The Morgan fingerprint density at radius 3 is 2.62 bits per heavy atom. The lowest BCUT2D eigenvalue weighted by molar-refractivity contribution is -0.385. The lowest BCUT2D eigenvalue weighted by atomic mass is 10.1. The highest BCUT2D eigenvalue weighted by Gasteiger charge is 2.20. The fourth-order valence-electron chi connectivity index (χ4n) is 1.92. The van der Waals surface area contributed by atoms with Gasteiger partial charge in [0.15, 0.2) is 0 Å². The number of ether oxygens (including phenoxy) is 1. The second-order valence-corrected chi connectivity index (χ2v) is 4.61. The maximum atomic E-state index is 12.3. The van der Waals surface area contributed by atoms with Crippen LogP contribution in [0.5, 0.6) is 0 Å². The Balaban J connectivity index is 2.77. The molecule has 0 saturated heterocycles. The van der Waals surface area contributed by atoms with Gasteiger partial charge < -0.3 is 9.64 Å². The number of nitro groups is 1. The van der Waals surface area contributed by atoms with Crippen molar-refractivity contribution < 1.29 is 19.2 Å². The number of benzene rings is 1. The van der Waals surface area contributed by atoms with Gasteiger partial charge in [-0.1, -0.05) is 6.07 Å². The van der Waals surface area contributed by atoms with Gasteiger partial charge in [0.2, 0.25) is 0 Å². The average Bonchev–Trinajstić information content (AvgIpc) is 2.46. The summed E-state index contributed by atoms with van der Waals surface area (Å²) in [6.45, 7) is 1.92. The Hall–Kier alpha value is -2.44. The highest BCUT2D eigenvalue weighted by atomic mass is 16.6. The molecule has 0 radical (unpaired) electrons. The van der Waals surface area contributed by atoms with Gasteiger partial charge in [-0.25, -0.2) is 0 Å². The lowest BCUT2D eigenvalue weighted by Gasteiger charge is -2.18. The first-order chi connectivity index (χ1) is 9.88. The van der Waals surface area contributed by atoms with Crippen molar-refractivity contribution >= 4 is 17.6 Å². The highest BCUT2D eigenvalue weighted by Crippen LogP contribution is 2.22. The summed E-state index contributed by atoms with van der Waals surface area (Å²) in [5.41, 5.74) is 0.556. The summed E-state index contributed by atoms with van der Waals surface area (Å²) >= 11 is 0. The predicted molar refractivity (Wildman–Crippen MR) is 76.0 cm³/mol. The molecule has 1 aromatic rings. The molecule has 0 aliphatic carbocycles. The Morgan fingerprint density at radius 1 is 1.38 bits per heavy atom. The van der Waals surface area contributed by atoms with E-state index in [4.69, 9.17) is 0 Å². The van der Waals surface area contributed by atoms with Crippen LogP contribution in [0.1, 0.15) is 28.8 Å². The van der Waals surface area contributed by atoms with E-state index in [0.29, 0.717) is 24.1 Å². The Bertz CT molecular complexity index is 556. The second kappa shape index (κ2) is 7.37. The third-order valence-corrected chi connectivity index (χ3v) is 3.18. The van der Waals surface area contributed by atoms with Gasteiger partial charge in [0.25, 0.3) is 11.6 Å². The molecule has 0 saturated carbocycles. The zero-order valence-electron chi connectivity index (χ0n) is 12.3. The quantitative estimate of drug-likeness (QED) is 0.454. The molecule has 1 aromatic carbocycles. The third-order valence-electron chi connectivity index (χ3n) is 3.18. The molecule has 0 unspecified atom stereocenters. The van der Waals surface area contributed by atoms with E-state index in [1.807, 2.05) is 0 Å². The van der Waals surface area contributed by atoms with Crippen LogP contribution in [-0.2, 0) is 9.53 Å². The summed E-state index contributed by atoms with van der Waals surface area (Å²) in [6, 6.07) is 4.41. The molecule has 0 spiro atoms. The van der Waals surface area contributed by atoms with Gasteiger partial charge in [-0.3, -0.25) is 19.7 Å². The molecule has 1 rings (SSSR count). The Kier molecular flexibility index (Phi) is 5.83. The standard InChI is InChI=1S/C14H18N2O5/c1-10-11(6-4-7-12(10)16(19)20)14(18)15(2)9-5-8-13(17)21-3/h4,6-7H,5,8-9H2,1-3H3. The number of hydrogen-bond donors (Lipinski definition) is 0. The van der Waals surface area contributed by atoms with Gasteiger partial charge in [0, 0.05) is 37.2 Å². The van der Waals surface area contributed by atoms with E-state index in [1.165, 1.54) is 24.1 Å². The molecular formula is C14H18N2O5. The van der Waals surface area contributed by atoms with Crippen LogP contribution in [-0.4, -0.2) is 42.4 Å². The molecule has 1 amide bonds. The number of carbonyl (C=O) groups is 2. The molecule has 0 fully saturated rings. The largest absolute Gasteiger partial charge is 0.469 e. The topological polar surface area (TPSA) is 89.8 Å². The number of nitro benzene ring substituents is 1. The average molecular weight is 294 g/mol. The normalized spacial score (nSPS) is 10.0. The first-order valence-corrected chi connectivity index (χ1v) is 6.44. The summed E-state index contributed by atoms with van der Waals surface area (Å²) in [7, 11) is 2.90. The second-order valence-electron chi connectivity index (χ2n) is 4.61. The summed E-state index contributed by atoms with van der Waals surface area (Å²) in [4.78, 5) is 35.1. The predicted octanol–water partition coefficient (Wildman–Crippen LogP) is 1.93. The molecule has 0 N–H and O–H groups in total. The minimum Gasteiger partial charge on any atom is -0.469 e. The lowest BCUT2D eigenvalue weighted by Crippen LogP contribution is -2.28. The van der Waals surface area contributed by atoms with Gasteiger partial charge in [-0.2, -0.15) is 0 Å². The molecule has 21 heavy (non-hydrogen) atoms. The highest BCUT2D eigenvalue weighted by molar-refractivity contribution is 5.96. The number of hydrogen-bond acceptors (Lipinski definition) is 5. The van der Waals surface area contributed by atoms with E-state index in [2.05, 4.69) is 4.74 Å². The van der Waals surface area contributed by atoms with Crippen LogP contribution in [0.25, 0.3) is 0 Å². The Morgan fingerprint density at radius 2 is 2.05 bits per heavy atom. The van der Waals surface area contributed by atoms with Crippen LogP contribution in [0.15, 0.2) is 18.2 Å². The molecule has 0 aromatic heterocycles. The molecule has 0 bridgehead atoms. The van der Waals surface area contributed by atoms with Crippen molar-refractivity contribution in [1.29, 1.82) is 0 Å². The molecule has 0 atom stereocenters. The Labute approximate surface area is 122 Å². The molecule has 0 aliphatic rings. The van der Waals surface area contributed by atoms with E-state index < -0.39 is 4.92 Å². The molecule has 114 valence electrons. The fourth-order valence-corrected chi connectivity index (χ4v) is 1.92. The minimum absolute atomic E-state index is 0.0798. The van der Waals surface area contributed by atoms with Crippen molar-refractivity contribution in [2.24, 2.45) is 0 Å². The van der Waals surface area contributed by atoms with E-state index in [9.17, 15) is 19.7 Å². The van der Waals surface area contributed by atoms with Gasteiger partial charge in [-0.05, 0) is 19.4 Å². The van der Waals surface area contributed by atoms with Crippen LogP contribution < -0.4 is 0 Å². The van der Waals surface area contributed by atoms with E-state index in [0.717, 1.165) is 0 Å². The van der Waals surface area contributed by atoms with E-state index in [-0.39, 0.29) is 24.0 Å². The number of amides is 1. The number of esters is 1. The van der Waals surface area contributed by atoms with Gasteiger partial charge in [0.1, 0.15) is 0 Å². The SMILES string of the molecule is COC(=O)CCCN(C)C(=O)c1cccc([N+](=O)[O-])c1C. The monoisotopic (exact) mass is 294 g/mol. The number of carbonyl (C=O) groups excluding carboxylic acids is 2. The first-order valence-electron chi connectivity index (χ1n) is 6.44. The van der Waals surface area contributed by atoms with Crippen molar-refractivity contribution in [3.8, 4) is 0 Å². The summed E-state index contributed by atoms with van der Waals surface area (Å²) in [6.07, 6.45) is 0.699.